The fourth-order valence-electron chi connectivity index (χ4n) is 3.53. The van der Waals surface area contributed by atoms with Crippen molar-refractivity contribution < 1.29 is 38.8 Å². The van der Waals surface area contributed by atoms with Crippen LogP contribution in [-0.2, 0) is 28.6 Å². The van der Waals surface area contributed by atoms with E-state index in [1.54, 1.807) is 6.08 Å². The van der Waals surface area contributed by atoms with E-state index in [-0.39, 0.29) is 17.8 Å². The molecule has 1 fully saturated rings. The first kappa shape index (κ1) is 23.6. The lowest BCUT2D eigenvalue weighted by Gasteiger charge is -2.29. The fourth-order valence-corrected chi connectivity index (χ4v) is 3.53. The van der Waals surface area contributed by atoms with Gasteiger partial charge >= 0.3 is 17.9 Å². The zero-order chi connectivity index (χ0) is 22.4. The molecule has 0 radical (unpaired) electrons. The standard InChI is InChI=1S/C22H28O8/c1-12-5-6-17(28-15(4)25)16(11-24)10-19-20(14(3)22(27)30-19)18(9-12)29-21(26)13(2)7-8-23/h5,7,10,17-20,23-24H,3,6,8-9,11H2,1-2,4H3/b12-5+,13-7-,16-10+. The molecule has 30 heavy (non-hydrogen) atoms. The number of fused-ring (bicyclic) bond motifs is 1. The molecule has 0 bridgehead atoms. The van der Waals surface area contributed by atoms with Crippen molar-refractivity contribution in [3.05, 3.63) is 47.1 Å². The van der Waals surface area contributed by atoms with Gasteiger partial charge in [0.1, 0.15) is 18.3 Å². The van der Waals surface area contributed by atoms with E-state index in [1.807, 2.05) is 13.0 Å². The number of carbonyl (C=O) groups is 3. The molecule has 1 heterocycles. The molecule has 164 valence electrons. The van der Waals surface area contributed by atoms with Gasteiger partial charge in [-0.2, -0.15) is 0 Å². The number of aliphatic hydroxyl groups is 2. The Labute approximate surface area is 175 Å². The normalized spacial score (nSPS) is 30.9. The van der Waals surface area contributed by atoms with Crippen molar-refractivity contribution in [1.29, 1.82) is 0 Å². The maximum atomic E-state index is 12.4. The predicted molar refractivity (Wildman–Crippen MR) is 107 cm³/mol. The van der Waals surface area contributed by atoms with Crippen LogP contribution in [0, 0.1) is 5.92 Å². The Morgan fingerprint density at radius 2 is 2.00 bits per heavy atom. The number of carbonyl (C=O) groups excluding carboxylic acids is 3. The smallest absolute Gasteiger partial charge is 0.334 e. The summed E-state index contributed by atoms with van der Waals surface area (Å²) in [4.78, 5) is 36.2. The Morgan fingerprint density at radius 1 is 1.30 bits per heavy atom. The molecule has 0 aromatic heterocycles. The molecule has 0 aromatic carbocycles. The van der Waals surface area contributed by atoms with Gasteiger partial charge in [0.15, 0.2) is 0 Å². The summed E-state index contributed by atoms with van der Waals surface area (Å²) in [6, 6.07) is 0. The molecule has 0 aromatic rings. The van der Waals surface area contributed by atoms with E-state index in [0.29, 0.717) is 18.4 Å². The molecule has 4 unspecified atom stereocenters. The van der Waals surface area contributed by atoms with E-state index in [9.17, 15) is 19.5 Å². The minimum atomic E-state index is -0.837. The molecule has 1 saturated heterocycles. The average molecular weight is 420 g/mol. The SMILES string of the molecule is C=C1C(=O)OC2/C=C(\CO)C(OC(C)=O)C/C=C(\C)CC(OC(=O)/C(C)=C\CO)C12. The predicted octanol–water partition coefficient (Wildman–Crippen LogP) is 1.53. The van der Waals surface area contributed by atoms with Gasteiger partial charge in [-0.25, -0.2) is 9.59 Å². The molecule has 1 aliphatic carbocycles. The molecule has 2 aliphatic rings. The summed E-state index contributed by atoms with van der Waals surface area (Å²) < 4.78 is 16.4. The zero-order valence-electron chi connectivity index (χ0n) is 17.4. The molecule has 8 heteroatoms. The van der Waals surface area contributed by atoms with E-state index >= 15 is 0 Å². The van der Waals surface area contributed by atoms with Gasteiger partial charge in [0, 0.05) is 30.9 Å². The number of ether oxygens (including phenoxy) is 3. The molecule has 1 aliphatic heterocycles. The van der Waals surface area contributed by atoms with Crippen molar-refractivity contribution in [2.45, 2.75) is 51.9 Å². The molecular formula is C22H28O8. The van der Waals surface area contributed by atoms with Crippen molar-refractivity contribution >= 4 is 17.9 Å². The topological polar surface area (TPSA) is 119 Å². The van der Waals surface area contributed by atoms with Gasteiger partial charge in [0.05, 0.1) is 19.1 Å². The Morgan fingerprint density at radius 3 is 2.60 bits per heavy atom. The largest absolute Gasteiger partial charge is 0.458 e. The second kappa shape index (κ2) is 10.4. The van der Waals surface area contributed by atoms with Gasteiger partial charge in [-0.3, -0.25) is 4.79 Å². The highest BCUT2D eigenvalue weighted by molar-refractivity contribution is 5.92. The summed E-state index contributed by atoms with van der Waals surface area (Å²) in [7, 11) is 0. The highest BCUT2D eigenvalue weighted by Gasteiger charge is 2.45. The van der Waals surface area contributed by atoms with Crippen molar-refractivity contribution in [1.82, 2.24) is 0 Å². The molecule has 0 amide bonds. The molecule has 4 atom stereocenters. The molecule has 2 N–H and O–H groups in total. The minimum Gasteiger partial charge on any atom is -0.458 e. The summed E-state index contributed by atoms with van der Waals surface area (Å²) in [5, 5.41) is 18.9. The van der Waals surface area contributed by atoms with Crippen LogP contribution in [0.3, 0.4) is 0 Å². The molecule has 0 spiro atoms. The van der Waals surface area contributed by atoms with Crippen molar-refractivity contribution in [3.63, 3.8) is 0 Å². The third-order valence-corrected chi connectivity index (χ3v) is 5.13. The van der Waals surface area contributed by atoms with E-state index in [1.165, 1.54) is 19.9 Å². The first-order chi connectivity index (χ1) is 14.2. The van der Waals surface area contributed by atoms with E-state index < -0.39 is 48.7 Å². The van der Waals surface area contributed by atoms with E-state index in [4.69, 9.17) is 19.3 Å². The summed E-state index contributed by atoms with van der Waals surface area (Å²) in [5.74, 6) is -2.41. The monoisotopic (exact) mass is 420 g/mol. The van der Waals surface area contributed by atoms with Gasteiger partial charge in [-0.1, -0.05) is 18.2 Å². The van der Waals surface area contributed by atoms with Crippen LogP contribution in [0.15, 0.2) is 47.1 Å². The summed E-state index contributed by atoms with van der Waals surface area (Å²) in [6.07, 6.45) is 3.05. The van der Waals surface area contributed by atoms with Crippen molar-refractivity contribution in [2.24, 2.45) is 5.92 Å². The molecular weight excluding hydrogens is 392 g/mol. The van der Waals surface area contributed by atoms with Crippen LogP contribution in [0.1, 0.15) is 33.6 Å². The van der Waals surface area contributed by atoms with Crippen LogP contribution >= 0.6 is 0 Å². The Bertz CT molecular complexity index is 804. The first-order valence-electron chi connectivity index (χ1n) is 9.70. The Kier molecular flexibility index (Phi) is 8.14. The summed E-state index contributed by atoms with van der Waals surface area (Å²) in [6.45, 7) is 7.75. The number of hydrogen-bond donors (Lipinski definition) is 2. The quantitative estimate of drug-likeness (QED) is 0.297. The Hall–Kier alpha value is -2.71. The van der Waals surface area contributed by atoms with E-state index in [2.05, 4.69) is 6.58 Å². The van der Waals surface area contributed by atoms with Crippen LogP contribution < -0.4 is 0 Å². The maximum absolute atomic E-state index is 12.4. The van der Waals surface area contributed by atoms with Gasteiger partial charge in [-0.15, -0.1) is 0 Å². The van der Waals surface area contributed by atoms with Crippen molar-refractivity contribution in [2.75, 3.05) is 13.2 Å². The first-order valence-corrected chi connectivity index (χ1v) is 9.70. The lowest BCUT2D eigenvalue weighted by molar-refractivity contribution is -0.148. The van der Waals surface area contributed by atoms with Crippen LogP contribution in [0.25, 0.3) is 0 Å². The Balaban J connectivity index is 2.46. The second-order valence-corrected chi connectivity index (χ2v) is 7.42. The number of aliphatic hydroxyl groups excluding tert-OH is 2. The zero-order valence-corrected chi connectivity index (χ0v) is 17.4. The minimum absolute atomic E-state index is 0.160. The van der Waals surface area contributed by atoms with Gasteiger partial charge in [0.25, 0.3) is 0 Å². The van der Waals surface area contributed by atoms with Gasteiger partial charge in [0.2, 0.25) is 0 Å². The summed E-state index contributed by atoms with van der Waals surface area (Å²) >= 11 is 0. The van der Waals surface area contributed by atoms with Crippen LogP contribution in [0.2, 0.25) is 0 Å². The van der Waals surface area contributed by atoms with Crippen LogP contribution in [0.5, 0.6) is 0 Å². The third-order valence-electron chi connectivity index (χ3n) is 5.13. The van der Waals surface area contributed by atoms with Gasteiger partial charge in [-0.05, 0) is 31.6 Å². The average Bonchev–Trinajstić information content (AvgIpc) is 2.95. The van der Waals surface area contributed by atoms with Crippen LogP contribution in [0.4, 0.5) is 0 Å². The fraction of sp³-hybridized carbons (Fsp3) is 0.500. The summed E-state index contributed by atoms with van der Waals surface area (Å²) in [5.41, 5.74) is 1.63. The maximum Gasteiger partial charge on any atom is 0.334 e. The lowest BCUT2D eigenvalue weighted by atomic mass is 9.85. The highest BCUT2D eigenvalue weighted by Crippen LogP contribution is 2.36. The van der Waals surface area contributed by atoms with E-state index in [0.717, 1.165) is 5.57 Å². The second-order valence-electron chi connectivity index (χ2n) is 7.42. The molecule has 0 saturated carbocycles. The lowest BCUT2D eigenvalue weighted by Crippen LogP contribution is -2.34. The third kappa shape index (κ3) is 5.67. The number of hydrogen-bond acceptors (Lipinski definition) is 8. The molecule has 2 rings (SSSR count). The number of esters is 3. The highest BCUT2D eigenvalue weighted by atomic mass is 16.6. The van der Waals surface area contributed by atoms with Crippen LogP contribution in [-0.4, -0.2) is 59.6 Å². The number of rotatable bonds is 5. The van der Waals surface area contributed by atoms with Crippen molar-refractivity contribution in [3.8, 4) is 0 Å². The van der Waals surface area contributed by atoms with Gasteiger partial charge < -0.3 is 24.4 Å². The molecule has 8 nitrogen and oxygen atoms in total.